The molecule has 3 N–H and O–H groups in total. The van der Waals surface area contributed by atoms with Crippen LogP contribution in [0, 0.1) is 17.3 Å². The van der Waals surface area contributed by atoms with Crippen molar-refractivity contribution >= 4 is 22.7 Å². The van der Waals surface area contributed by atoms with Crippen LogP contribution in [-0.4, -0.2) is 23.9 Å². The van der Waals surface area contributed by atoms with Gasteiger partial charge >= 0.3 is 0 Å². The first-order chi connectivity index (χ1) is 16.5. The Labute approximate surface area is 199 Å². The highest BCUT2D eigenvalue weighted by atomic mass is 16.5. The molecule has 0 saturated heterocycles. The van der Waals surface area contributed by atoms with Gasteiger partial charge in [-0.1, -0.05) is 30.3 Å². The molecular weight excluding hydrogens is 426 g/mol. The molecular formula is C28H31N3O3. The van der Waals surface area contributed by atoms with E-state index < -0.39 is 5.41 Å². The average molecular weight is 458 g/mol. The van der Waals surface area contributed by atoms with Crippen LogP contribution in [0.5, 0.6) is 5.75 Å². The number of nitrogens with one attached hydrogen (secondary N) is 3. The Morgan fingerprint density at radius 1 is 1.00 bits per heavy atom. The van der Waals surface area contributed by atoms with Crippen molar-refractivity contribution in [3.8, 4) is 5.75 Å². The van der Waals surface area contributed by atoms with E-state index in [0.717, 1.165) is 54.3 Å². The molecule has 0 spiro atoms. The highest BCUT2D eigenvalue weighted by molar-refractivity contribution is 5.90. The summed E-state index contributed by atoms with van der Waals surface area (Å²) in [6.45, 7) is 0. The van der Waals surface area contributed by atoms with Gasteiger partial charge in [-0.15, -0.1) is 0 Å². The average Bonchev–Trinajstić information content (AvgIpc) is 3.24. The molecule has 6 heteroatoms. The van der Waals surface area contributed by atoms with E-state index in [1.165, 1.54) is 12.0 Å². The number of carbonyl (C=O) groups excluding carboxylic acids is 2. The number of methoxy groups -OCH3 is 1. The van der Waals surface area contributed by atoms with E-state index in [1.807, 2.05) is 42.6 Å². The summed E-state index contributed by atoms with van der Waals surface area (Å²) in [4.78, 5) is 29.4. The third-order valence-electron chi connectivity index (χ3n) is 8.59. The van der Waals surface area contributed by atoms with E-state index in [-0.39, 0.29) is 23.7 Å². The van der Waals surface area contributed by atoms with Crippen molar-refractivity contribution in [3.05, 3.63) is 65.9 Å². The molecule has 2 unspecified atom stereocenters. The molecule has 2 amide bonds. The molecule has 3 aromatic rings. The number of ether oxygens (including phenoxy) is 1. The summed E-state index contributed by atoms with van der Waals surface area (Å²) in [5.74, 6) is 1.77. The molecule has 4 bridgehead atoms. The molecule has 34 heavy (non-hydrogen) atoms. The Kier molecular flexibility index (Phi) is 4.94. The van der Waals surface area contributed by atoms with Gasteiger partial charge in [0.1, 0.15) is 5.75 Å². The SMILES string of the molecule is COc1ccc(C23CC4CC(CC(C(=O)NNC(=O)Cc5c[nH]c6ccccc56)(C4)C2)C3)cc1. The number of hydrazine groups is 1. The Bertz CT molecular complexity index is 1230. The van der Waals surface area contributed by atoms with Gasteiger partial charge in [0, 0.05) is 17.1 Å². The zero-order valence-electron chi connectivity index (χ0n) is 19.5. The molecule has 7 rings (SSSR count). The van der Waals surface area contributed by atoms with Crippen LogP contribution in [0.2, 0.25) is 0 Å². The van der Waals surface area contributed by atoms with E-state index in [9.17, 15) is 9.59 Å². The fourth-order valence-corrected chi connectivity index (χ4v) is 7.56. The molecule has 2 atom stereocenters. The fraction of sp³-hybridized carbons (Fsp3) is 0.429. The Morgan fingerprint density at radius 3 is 2.47 bits per heavy atom. The van der Waals surface area contributed by atoms with Gasteiger partial charge in [0.15, 0.2) is 0 Å². The molecule has 0 radical (unpaired) electrons. The monoisotopic (exact) mass is 457 g/mol. The number of aromatic amines is 1. The van der Waals surface area contributed by atoms with Gasteiger partial charge in [-0.2, -0.15) is 0 Å². The molecule has 2 aromatic carbocycles. The van der Waals surface area contributed by atoms with Gasteiger partial charge in [-0.05, 0) is 85.1 Å². The summed E-state index contributed by atoms with van der Waals surface area (Å²) < 4.78 is 5.36. The van der Waals surface area contributed by atoms with Crippen LogP contribution >= 0.6 is 0 Å². The Hall–Kier alpha value is -3.28. The minimum absolute atomic E-state index is 0.0215. The number of fused-ring (bicyclic) bond motifs is 1. The maximum Gasteiger partial charge on any atom is 0.244 e. The summed E-state index contributed by atoms with van der Waals surface area (Å²) in [6, 6.07) is 16.3. The third-order valence-corrected chi connectivity index (χ3v) is 8.59. The van der Waals surface area contributed by atoms with Crippen molar-refractivity contribution in [1.82, 2.24) is 15.8 Å². The lowest BCUT2D eigenvalue weighted by Gasteiger charge is -2.61. The van der Waals surface area contributed by atoms with Crippen LogP contribution in [0.3, 0.4) is 0 Å². The first-order valence-corrected chi connectivity index (χ1v) is 12.3. The second kappa shape index (κ2) is 7.90. The molecule has 4 fully saturated rings. The number of hydrogen-bond donors (Lipinski definition) is 3. The number of hydrogen-bond acceptors (Lipinski definition) is 3. The van der Waals surface area contributed by atoms with Gasteiger partial charge in [0.2, 0.25) is 11.8 Å². The standard InChI is InChI=1S/C28H31N3O3/c1-34-22-8-6-21(7-9-22)27-12-18-10-19(13-27)15-28(14-18,17-27)26(33)31-30-25(32)11-20-16-29-24-5-3-2-4-23(20)24/h2-9,16,18-19,29H,10-15,17H2,1H3,(H,30,32)(H,31,33). The smallest absolute Gasteiger partial charge is 0.244 e. The molecule has 0 aliphatic heterocycles. The summed E-state index contributed by atoms with van der Waals surface area (Å²) in [6.07, 6.45) is 8.30. The summed E-state index contributed by atoms with van der Waals surface area (Å²) in [7, 11) is 1.69. The van der Waals surface area contributed by atoms with Crippen molar-refractivity contribution in [2.24, 2.45) is 17.3 Å². The predicted molar refractivity (Wildman–Crippen MR) is 130 cm³/mol. The normalized spacial score (nSPS) is 29.2. The first-order valence-electron chi connectivity index (χ1n) is 12.3. The zero-order valence-corrected chi connectivity index (χ0v) is 19.5. The molecule has 176 valence electrons. The van der Waals surface area contributed by atoms with Gasteiger partial charge in [-0.25, -0.2) is 0 Å². The van der Waals surface area contributed by atoms with Crippen LogP contribution in [0.15, 0.2) is 54.7 Å². The van der Waals surface area contributed by atoms with Crippen LogP contribution in [0.4, 0.5) is 0 Å². The van der Waals surface area contributed by atoms with E-state index in [4.69, 9.17) is 4.74 Å². The number of para-hydroxylation sites is 1. The van der Waals surface area contributed by atoms with Crippen molar-refractivity contribution in [2.45, 2.75) is 50.4 Å². The lowest BCUT2D eigenvalue weighted by molar-refractivity contribution is -0.151. The number of rotatable bonds is 5. The maximum atomic E-state index is 13.5. The van der Waals surface area contributed by atoms with Gasteiger partial charge in [0.05, 0.1) is 18.9 Å². The minimum atomic E-state index is -0.405. The Balaban J connectivity index is 1.16. The van der Waals surface area contributed by atoms with Gasteiger partial charge in [0.25, 0.3) is 0 Å². The molecule has 4 saturated carbocycles. The van der Waals surface area contributed by atoms with Crippen molar-refractivity contribution in [3.63, 3.8) is 0 Å². The quantitative estimate of drug-likeness (QED) is 0.497. The van der Waals surface area contributed by atoms with Crippen LogP contribution < -0.4 is 15.6 Å². The first kappa shape index (κ1) is 21.3. The van der Waals surface area contributed by atoms with Crippen LogP contribution in [0.1, 0.15) is 49.7 Å². The lowest BCUT2D eigenvalue weighted by atomic mass is 9.42. The number of amides is 2. The van der Waals surface area contributed by atoms with E-state index in [2.05, 4.69) is 28.0 Å². The van der Waals surface area contributed by atoms with Crippen LogP contribution in [-0.2, 0) is 21.4 Å². The van der Waals surface area contributed by atoms with E-state index in [0.29, 0.717) is 11.8 Å². The number of benzene rings is 2. The number of H-pyrrole nitrogens is 1. The van der Waals surface area contributed by atoms with Gasteiger partial charge in [-0.3, -0.25) is 20.4 Å². The fourth-order valence-electron chi connectivity index (χ4n) is 7.56. The number of aromatic nitrogens is 1. The summed E-state index contributed by atoms with van der Waals surface area (Å²) >= 11 is 0. The Morgan fingerprint density at radius 2 is 1.74 bits per heavy atom. The van der Waals surface area contributed by atoms with Crippen molar-refractivity contribution in [1.29, 1.82) is 0 Å². The van der Waals surface area contributed by atoms with Crippen molar-refractivity contribution in [2.75, 3.05) is 7.11 Å². The molecule has 4 aliphatic rings. The predicted octanol–water partition coefficient (Wildman–Crippen LogP) is 4.40. The molecule has 4 aliphatic carbocycles. The summed E-state index contributed by atoms with van der Waals surface area (Å²) in [5, 5.41) is 1.03. The molecule has 6 nitrogen and oxygen atoms in total. The highest BCUT2D eigenvalue weighted by Gasteiger charge is 2.61. The molecule has 1 aromatic heterocycles. The lowest BCUT2D eigenvalue weighted by Crippen LogP contribution is -2.61. The van der Waals surface area contributed by atoms with Gasteiger partial charge < -0.3 is 9.72 Å². The third kappa shape index (κ3) is 3.47. The second-order valence-corrected chi connectivity index (χ2v) is 10.8. The topological polar surface area (TPSA) is 83.2 Å². The second-order valence-electron chi connectivity index (χ2n) is 10.8. The highest BCUT2D eigenvalue weighted by Crippen LogP contribution is 2.65. The van der Waals surface area contributed by atoms with Crippen LogP contribution in [0.25, 0.3) is 10.9 Å². The minimum Gasteiger partial charge on any atom is -0.497 e. The maximum absolute atomic E-state index is 13.5. The summed E-state index contributed by atoms with van der Waals surface area (Å²) in [5.41, 5.74) is 8.42. The zero-order chi connectivity index (χ0) is 23.3. The largest absolute Gasteiger partial charge is 0.497 e. The van der Waals surface area contributed by atoms with E-state index in [1.54, 1.807) is 7.11 Å². The number of carbonyl (C=O) groups is 2. The van der Waals surface area contributed by atoms with E-state index >= 15 is 0 Å². The van der Waals surface area contributed by atoms with Crippen molar-refractivity contribution < 1.29 is 14.3 Å². The molecule has 1 heterocycles.